The second-order valence-corrected chi connectivity index (χ2v) is 5.86. The van der Waals surface area contributed by atoms with E-state index in [0.717, 1.165) is 5.56 Å². The molecule has 0 bridgehead atoms. The Morgan fingerprint density at radius 3 is 2.33 bits per heavy atom. The van der Waals surface area contributed by atoms with E-state index in [1.165, 1.54) is 12.1 Å². The molecule has 0 radical (unpaired) electrons. The number of benzene rings is 1. The van der Waals surface area contributed by atoms with E-state index in [1.54, 1.807) is 6.07 Å². The van der Waals surface area contributed by atoms with E-state index in [-0.39, 0.29) is 29.9 Å². The highest BCUT2D eigenvalue weighted by Crippen LogP contribution is 2.31. The summed E-state index contributed by atoms with van der Waals surface area (Å²) in [6, 6.07) is 4.25. The van der Waals surface area contributed by atoms with Crippen LogP contribution in [0, 0.1) is 0 Å². The molecule has 118 valence electrons. The van der Waals surface area contributed by atoms with Gasteiger partial charge in [0.25, 0.3) is 0 Å². The molecule has 1 rings (SSSR count). The van der Waals surface area contributed by atoms with Crippen LogP contribution in [0.5, 0.6) is 5.75 Å². The Hall–Kier alpha value is -1.56. The summed E-state index contributed by atoms with van der Waals surface area (Å²) in [5.41, 5.74) is 6.57. The van der Waals surface area contributed by atoms with E-state index in [2.05, 4.69) is 4.74 Å². The van der Waals surface area contributed by atoms with Gasteiger partial charge >= 0.3 is 6.36 Å². The molecule has 0 saturated heterocycles. The van der Waals surface area contributed by atoms with Gasteiger partial charge in [0.2, 0.25) is 0 Å². The van der Waals surface area contributed by atoms with Crippen LogP contribution < -0.4 is 10.5 Å². The number of hydrogen-bond acceptors (Lipinski definition) is 3. The van der Waals surface area contributed by atoms with Crippen LogP contribution in [0.15, 0.2) is 18.2 Å². The molecular formula is C15H20F3NO2. The first-order valence-corrected chi connectivity index (χ1v) is 6.64. The molecule has 0 aliphatic carbocycles. The number of rotatable bonds is 5. The average Bonchev–Trinajstić information content (AvgIpc) is 2.32. The van der Waals surface area contributed by atoms with E-state index in [9.17, 15) is 18.0 Å². The van der Waals surface area contributed by atoms with Gasteiger partial charge in [-0.25, -0.2) is 0 Å². The summed E-state index contributed by atoms with van der Waals surface area (Å²) >= 11 is 0. The Morgan fingerprint density at radius 2 is 1.86 bits per heavy atom. The van der Waals surface area contributed by atoms with E-state index >= 15 is 0 Å². The number of carbonyl (C=O) groups excluding carboxylic acids is 1. The van der Waals surface area contributed by atoms with Gasteiger partial charge in [-0.3, -0.25) is 4.79 Å². The number of hydrogen-bond donors (Lipinski definition) is 1. The number of alkyl halides is 3. The summed E-state index contributed by atoms with van der Waals surface area (Å²) in [4.78, 5) is 11.3. The second-order valence-electron chi connectivity index (χ2n) is 5.86. The number of carbonyl (C=O) groups is 1. The van der Waals surface area contributed by atoms with Crippen LogP contribution in [-0.2, 0) is 16.6 Å². The predicted octanol–water partition coefficient (Wildman–Crippen LogP) is 3.34. The summed E-state index contributed by atoms with van der Waals surface area (Å²) in [7, 11) is 0. The first-order chi connectivity index (χ1) is 9.53. The zero-order valence-corrected chi connectivity index (χ0v) is 12.4. The van der Waals surface area contributed by atoms with Gasteiger partial charge in [-0.15, -0.1) is 13.2 Å². The van der Waals surface area contributed by atoms with Crippen LogP contribution >= 0.6 is 0 Å². The van der Waals surface area contributed by atoms with Gasteiger partial charge in [-0.05, 0) is 35.1 Å². The summed E-state index contributed by atoms with van der Waals surface area (Å²) in [6.45, 7) is 5.81. The molecule has 0 amide bonds. The van der Waals surface area contributed by atoms with Gasteiger partial charge in [0.15, 0.2) is 0 Å². The topological polar surface area (TPSA) is 52.3 Å². The molecular weight excluding hydrogens is 283 g/mol. The van der Waals surface area contributed by atoms with E-state index in [4.69, 9.17) is 5.73 Å². The number of ketones is 1. The molecule has 0 spiro atoms. The fourth-order valence-electron chi connectivity index (χ4n) is 2.08. The first kappa shape index (κ1) is 17.5. The van der Waals surface area contributed by atoms with Crippen molar-refractivity contribution in [3.63, 3.8) is 0 Å². The summed E-state index contributed by atoms with van der Waals surface area (Å²) in [5, 5.41) is 0. The van der Waals surface area contributed by atoms with Crippen LogP contribution in [0.25, 0.3) is 0 Å². The Bertz CT molecular complexity index is 505. The number of aryl methyl sites for hydroxylation is 1. The molecule has 0 aromatic heterocycles. The minimum absolute atomic E-state index is 0.0659. The van der Waals surface area contributed by atoms with Crippen molar-refractivity contribution in [2.75, 3.05) is 6.54 Å². The molecule has 1 aromatic carbocycles. The largest absolute Gasteiger partial charge is 0.573 e. The molecule has 0 heterocycles. The molecule has 0 aliphatic rings. The standard InChI is InChI=1S/C15H20F3NO2/c1-14(2,3)13-7-6-12(21-15(16,17)18)8-10(13)4-5-11(20)9-19/h6-8H,4-5,9,19H2,1-3H3. The van der Waals surface area contributed by atoms with Crippen LogP contribution in [0.1, 0.15) is 38.3 Å². The zero-order chi connectivity index (χ0) is 16.3. The van der Waals surface area contributed by atoms with Crippen molar-refractivity contribution in [2.45, 2.75) is 45.4 Å². The Balaban J connectivity index is 3.08. The van der Waals surface area contributed by atoms with E-state index in [1.807, 2.05) is 20.8 Å². The molecule has 1 aromatic rings. The average molecular weight is 303 g/mol. The summed E-state index contributed by atoms with van der Waals surface area (Å²) in [5.74, 6) is -0.400. The maximum atomic E-state index is 12.3. The molecule has 21 heavy (non-hydrogen) atoms. The summed E-state index contributed by atoms with van der Waals surface area (Å²) in [6.07, 6.45) is -4.18. The Kier molecular flexibility index (Phi) is 5.39. The van der Waals surface area contributed by atoms with Crippen LogP contribution in [0.3, 0.4) is 0 Å². The van der Waals surface area contributed by atoms with Crippen molar-refractivity contribution in [3.05, 3.63) is 29.3 Å². The van der Waals surface area contributed by atoms with Gasteiger partial charge in [0.05, 0.1) is 6.54 Å². The molecule has 0 atom stereocenters. The third-order valence-electron chi connectivity index (χ3n) is 3.02. The third-order valence-corrected chi connectivity index (χ3v) is 3.02. The fourth-order valence-corrected chi connectivity index (χ4v) is 2.08. The number of Topliss-reactive ketones (excluding diaryl/α,β-unsaturated/α-hetero) is 1. The first-order valence-electron chi connectivity index (χ1n) is 6.64. The molecule has 0 saturated carbocycles. The van der Waals surface area contributed by atoms with Gasteiger partial charge < -0.3 is 10.5 Å². The van der Waals surface area contributed by atoms with Crippen molar-refractivity contribution in [1.29, 1.82) is 0 Å². The van der Waals surface area contributed by atoms with Crippen molar-refractivity contribution in [3.8, 4) is 5.75 Å². The van der Waals surface area contributed by atoms with Crippen molar-refractivity contribution >= 4 is 5.78 Å². The monoisotopic (exact) mass is 303 g/mol. The van der Waals surface area contributed by atoms with Crippen molar-refractivity contribution < 1.29 is 22.7 Å². The van der Waals surface area contributed by atoms with Crippen LogP contribution in [0.2, 0.25) is 0 Å². The van der Waals surface area contributed by atoms with Crippen molar-refractivity contribution in [2.24, 2.45) is 5.73 Å². The number of halogens is 3. The lowest BCUT2D eigenvalue weighted by Crippen LogP contribution is -2.19. The molecule has 3 nitrogen and oxygen atoms in total. The minimum atomic E-state index is -4.73. The third kappa shape index (κ3) is 5.75. The van der Waals surface area contributed by atoms with Gasteiger partial charge in [-0.1, -0.05) is 26.8 Å². The number of ether oxygens (including phenoxy) is 1. The van der Waals surface area contributed by atoms with Crippen molar-refractivity contribution in [1.82, 2.24) is 0 Å². The SMILES string of the molecule is CC(C)(C)c1ccc(OC(F)(F)F)cc1CCC(=O)CN. The second kappa shape index (κ2) is 6.47. The lowest BCUT2D eigenvalue weighted by atomic mass is 9.82. The molecule has 6 heteroatoms. The lowest BCUT2D eigenvalue weighted by molar-refractivity contribution is -0.274. The van der Waals surface area contributed by atoms with E-state index in [0.29, 0.717) is 12.0 Å². The normalized spacial score (nSPS) is 12.3. The zero-order valence-electron chi connectivity index (χ0n) is 12.4. The number of nitrogens with two attached hydrogens (primary N) is 1. The quantitative estimate of drug-likeness (QED) is 0.907. The van der Waals surface area contributed by atoms with Crippen LogP contribution in [0.4, 0.5) is 13.2 Å². The molecule has 0 unspecified atom stereocenters. The van der Waals surface area contributed by atoms with E-state index < -0.39 is 6.36 Å². The van der Waals surface area contributed by atoms with Gasteiger partial charge in [-0.2, -0.15) is 0 Å². The maximum absolute atomic E-state index is 12.3. The van der Waals surface area contributed by atoms with Gasteiger partial charge in [0, 0.05) is 6.42 Å². The molecule has 0 aliphatic heterocycles. The highest BCUT2D eigenvalue weighted by atomic mass is 19.4. The Morgan fingerprint density at radius 1 is 1.24 bits per heavy atom. The maximum Gasteiger partial charge on any atom is 0.573 e. The highest BCUT2D eigenvalue weighted by Gasteiger charge is 2.31. The molecule has 2 N–H and O–H groups in total. The Labute approximate surface area is 122 Å². The lowest BCUT2D eigenvalue weighted by Gasteiger charge is -2.24. The van der Waals surface area contributed by atoms with Gasteiger partial charge in [0.1, 0.15) is 11.5 Å². The molecule has 0 fully saturated rings. The minimum Gasteiger partial charge on any atom is -0.406 e. The van der Waals surface area contributed by atoms with Crippen LogP contribution in [-0.4, -0.2) is 18.7 Å². The summed E-state index contributed by atoms with van der Waals surface area (Å²) < 4.78 is 40.8. The fraction of sp³-hybridized carbons (Fsp3) is 0.533. The smallest absolute Gasteiger partial charge is 0.406 e. The predicted molar refractivity (Wildman–Crippen MR) is 74.2 cm³/mol. The highest BCUT2D eigenvalue weighted by molar-refractivity contribution is 5.80.